The van der Waals surface area contributed by atoms with Gasteiger partial charge < -0.3 is 0 Å². The number of hydrazone groups is 1. The van der Waals surface area contributed by atoms with Crippen LogP contribution in [-0.4, -0.2) is 26.6 Å². The summed E-state index contributed by atoms with van der Waals surface area (Å²) in [6, 6.07) is 19.1. The molecule has 156 valence electrons. The van der Waals surface area contributed by atoms with Gasteiger partial charge in [-0.1, -0.05) is 49.4 Å². The third kappa shape index (κ3) is 4.95. The van der Waals surface area contributed by atoms with Gasteiger partial charge in [-0.05, 0) is 48.6 Å². The van der Waals surface area contributed by atoms with Gasteiger partial charge in [0.25, 0.3) is 15.9 Å². The fourth-order valence-corrected chi connectivity index (χ4v) is 5.08. The standard InChI is InChI=1S/C22H23N3O3S2/c1-3-18-10-7-8-13-20(18)25(30(27,28)19-11-5-4-6-12-19)16-22(26)24-23-17(2)21-14-9-15-29-21/h4-15H,3,16H2,1-2H3,(H,24,26)/b23-17-. The highest BCUT2D eigenvalue weighted by Crippen LogP contribution is 2.27. The van der Waals surface area contributed by atoms with Crippen molar-refractivity contribution in [2.24, 2.45) is 5.10 Å². The summed E-state index contributed by atoms with van der Waals surface area (Å²) in [5.74, 6) is -0.517. The molecule has 0 aliphatic rings. The summed E-state index contributed by atoms with van der Waals surface area (Å²) in [4.78, 5) is 13.7. The van der Waals surface area contributed by atoms with Crippen LogP contribution in [0.3, 0.4) is 0 Å². The number of nitrogens with one attached hydrogen (secondary N) is 1. The minimum absolute atomic E-state index is 0.127. The number of benzene rings is 2. The lowest BCUT2D eigenvalue weighted by atomic mass is 10.1. The monoisotopic (exact) mass is 441 g/mol. The van der Waals surface area contributed by atoms with Crippen LogP contribution in [0.25, 0.3) is 0 Å². The third-order valence-corrected chi connectivity index (χ3v) is 7.24. The predicted molar refractivity (Wildman–Crippen MR) is 121 cm³/mol. The van der Waals surface area contributed by atoms with Crippen LogP contribution < -0.4 is 9.73 Å². The van der Waals surface area contributed by atoms with E-state index in [-0.39, 0.29) is 11.4 Å². The van der Waals surface area contributed by atoms with E-state index in [1.807, 2.05) is 36.6 Å². The number of carbonyl (C=O) groups excluding carboxylic acids is 1. The maximum Gasteiger partial charge on any atom is 0.264 e. The molecule has 1 amide bonds. The fourth-order valence-electron chi connectivity index (χ4n) is 2.92. The van der Waals surface area contributed by atoms with Crippen LogP contribution in [0.2, 0.25) is 0 Å². The minimum atomic E-state index is -3.94. The molecule has 30 heavy (non-hydrogen) atoms. The van der Waals surface area contributed by atoms with Crippen LogP contribution in [-0.2, 0) is 21.2 Å². The van der Waals surface area contributed by atoms with Gasteiger partial charge in [0.15, 0.2) is 0 Å². The molecule has 1 heterocycles. The molecule has 1 aromatic heterocycles. The predicted octanol–water partition coefficient (Wildman–Crippen LogP) is 4.05. The summed E-state index contributed by atoms with van der Waals surface area (Å²) >= 11 is 1.51. The van der Waals surface area contributed by atoms with Crippen molar-refractivity contribution in [1.82, 2.24) is 5.43 Å². The van der Waals surface area contributed by atoms with E-state index >= 15 is 0 Å². The Kier molecular flexibility index (Phi) is 7.02. The van der Waals surface area contributed by atoms with Gasteiger partial charge >= 0.3 is 0 Å². The molecule has 0 atom stereocenters. The molecule has 0 unspecified atom stereocenters. The molecule has 0 spiro atoms. The molecule has 8 heteroatoms. The first-order chi connectivity index (χ1) is 14.4. The number of sulfonamides is 1. The Balaban J connectivity index is 1.92. The Morgan fingerprint density at radius 1 is 1.03 bits per heavy atom. The molecule has 0 saturated carbocycles. The highest BCUT2D eigenvalue weighted by atomic mass is 32.2. The number of aryl methyl sites for hydroxylation is 1. The van der Waals surface area contributed by atoms with Crippen molar-refractivity contribution in [2.75, 3.05) is 10.8 Å². The van der Waals surface area contributed by atoms with Gasteiger partial charge in [0.1, 0.15) is 6.54 Å². The van der Waals surface area contributed by atoms with E-state index in [0.717, 1.165) is 14.7 Å². The minimum Gasteiger partial charge on any atom is -0.271 e. The molecule has 3 aromatic rings. The van der Waals surface area contributed by atoms with Crippen LogP contribution in [0, 0.1) is 0 Å². The van der Waals surface area contributed by atoms with E-state index in [2.05, 4.69) is 10.5 Å². The van der Waals surface area contributed by atoms with Gasteiger partial charge in [-0.25, -0.2) is 13.8 Å². The normalized spacial score (nSPS) is 11.9. The highest BCUT2D eigenvalue weighted by molar-refractivity contribution is 7.92. The highest BCUT2D eigenvalue weighted by Gasteiger charge is 2.28. The smallest absolute Gasteiger partial charge is 0.264 e. The van der Waals surface area contributed by atoms with Crippen molar-refractivity contribution in [1.29, 1.82) is 0 Å². The van der Waals surface area contributed by atoms with Gasteiger partial charge in [0.05, 0.1) is 16.3 Å². The summed E-state index contributed by atoms with van der Waals surface area (Å²) in [5, 5.41) is 6.04. The summed E-state index contributed by atoms with van der Waals surface area (Å²) < 4.78 is 27.9. The quantitative estimate of drug-likeness (QED) is 0.423. The Morgan fingerprint density at radius 2 is 1.73 bits per heavy atom. The van der Waals surface area contributed by atoms with Gasteiger partial charge in [0.2, 0.25) is 0 Å². The van der Waals surface area contributed by atoms with E-state index in [0.29, 0.717) is 17.8 Å². The topological polar surface area (TPSA) is 78.8 Å². The second-order valence-corrected chi connectivity index (χ2v) is 9.33. The molecule has 0 radical (unpaired) electrons. The van der Waals surface area contributed by atoms with Gasteiger partial charge in [0, 0.05) is 4.88 Å². The van der Waals surface area contributed by atoms with E-state index in [1.165, 1.54) is 23.5 Å². The molecular weight excluding hydrogens is 418 g/mol. The van der Waals surface area contributed by atoms with Crippen molar-refractivity contribution >= 4 is 38.7 Å². The second kappa shape index (κ2) is 9.69. The van der Waals surface area contributed by atoms with Crippen LogP contribution in [0.15, 0.2) is 82.1 Å². The summed E-state index contributed by atoms with van der Waals surface area (Å²) in [7, 11) is -3.94. The Hall–Kier alpha value is -2.97. The number of hydrogen-bond donors (Lipinski definition) is 1. The van der Waals surface area contributed by atoms with Crippen molar-refractivity contribution in [3.05, 3.63) is 82.6 Å². The van der Waals surface area contributed by atoms with Crippen LogP contribution in [0.1, 0.15) is 24.3 Å². The zero-order valence-corrected chi connectivity index (χ0v) is 18.4. The summed E-state index contributed by atoms with van der Waals surface area (Å²) in [6.45, 7) is 3.35. The zero-order chi connectivity index (χ0) is 21.6. The van der Waals surface area contributed by atoms with E-state index in [4.69, 9.17) is 0 Å². The molecule has 6 nitrogen and oxygen atoms in total. The van der Waals surface area contributed by atoms with Crippen LogP contribution in [0.4, 0.5) is 5.69 Å². The Labute approximate surface area is 180 Å². The van der Waals surface area contributed by atoms with Gasteiger partial charge in [-0.15, -0.1) is 11.3 Å². The lowest BCUT2D eigenvalue weighted by Gasteiger charge is -2.25. The Morgan fingerprint density at radius 3 is 2.40 bits per heavy atom. The lowest BCUT2D eigenvalue weighted by molar-refractivity contribution is -0.119. The maximum absolute atomic E-state index is 13.4. The van der Waals surface area contributed by atoms with Crippen molar-refractivity contribution in [3.63, 3.8) is 0 Å². The maximum atomic E-state index is 13.4. The number of thiophene rings is 1. The molecule has 0 aliphatic heterocycles. The van der Waals surface area contributed by atoms with Gasteiger partial charge in [-0.3, -0.25) is 9.10 Å². The molecule has 1 N–H and O–H groups in total. The third-order valence-electron chi connectivity index (χ3n) is 4.49. The van der Waals surface area contributed by atoms with E-state index < -0.39 is 15.9 Å². The largest absolute Gasteiger partial charge is 0.271 e. The van der Waals surface area contributed by atoms with Crippen molar-refractivity contribution < 1.29 is 13.2 Å². The average molecular weight is 442 g/mol. The number of nitrogens with zero attached hydrogens (tertiary/aromatic N) is 2. The second-order valence-electron chi connectivity index (χ2n) is 6.52. The van der Waals surface area contributed by atoms with Gasteiger partial charge in [-0.2, -0.15) is 5.10 Å². The molecule has 0 fully saturated rings. The van der Waals surface area contributed by atoms with Crippen molar-refractivity contribution in [3.8, 4) is 0 Å². The van der Waals surface area contributed by atoms with Crippen LogP contribution >= 0.6 is 11.3 Å². The molecule has 0 saturated heterocycles. The SMILES string of the molecule is CCc1ccccc1N(CC(=O)N/N=C(/C)c1cccs1)S(=O)(=O)c1ccccc1. The first-order valence-electron chi connectivity index (χ1n) is 9.46. The molecule has 0 bridgehead atoms. The fraction of sp³-hybridized carbons (Fsp3) is 0.182. The van der Waals surface area contributed by atoms with E-state index in [1.54, 1.807) is 37.3 Å². The first kappa shape index (κ1) is 21.7. The van der Waals surface area contributed by atoms with Crippen LogP contribution in [0.5, 0.6) is 0 Å². The number of anilines is 1. The number of hydrogen-bond acceptors (Lipinski definition) is 5. The number of amides is 1. The summed E-state index contributed by atoms with van der Waals surface area (Å²) in [5.41, 5.74) is 4.46. The molecule has 0 aliphatic carbocycles. The first-order valence-corrected chi connectivity index (χ1v) is 11.8. The number of carbonyl (C=O) groups is 1. The molecule has 3 rings (SSSR count). The van der Waals surface area contributed by atoms with E-state index in [9.17, 15) is 13.2 Å². The number of para-hydroxylation sites is 1. The molecular formula is C22H23N3O3S2. The van der Waals surface area contributed by atoms with Crippen molar-refractivity contribution in [2.45, 2.75) is 25.2 Å². The number of rotatable bonds is 8. The molecule has 2 aromatic carbocycles. The average Bonchev–Trinajstić information content (AvgIpc) is 3.31. The Bertz CT molecular complexity index is 1130. The summed E-state index contributed by atoms with van der Waals surface area (Å²) in [6.07, 6.45) is 0.633. The zero-order valence-electron chi connectivity index (χ0n) is 16.8. The lowest BCUT2D eigenvalue weighted by Crippen LogP contribution is -2.40.